The molecule has 0 aliphatic carbocycles. The standard InChI is InChI=1S/C14H16N4O/c15-14-11-6-7-18(9-12(11)16-17-14)13(19)8-10-4-2-1-3-5-10/h1-5H,6-9H2,(H3,15,16,17). The van der Waals surface area contributed by atoms with E-state index in [0.717, 1.165) is 23.2 Å². The van der Waals surface area contributed by atoms with Gasteiger partial charge in [0.2, 0.25) is 5.91 Å². The lowest BCUT2D eigenvalue weighted by Crippen LogP contribution is -2.36. The van der Waals surface area contributed by atoms with Crippen LogP contribution in [0.15, 0.2) is 30.3 Å². The van der Waals surface area contributed by atoms with Gasteiger partial charge in [0.25, 0.3) is 0 Å². The fourth-order valence-electron chi connectivity index (χ4n) is 2.44. The number of carbonyl (C=O) groups excluding carboxylic acids is 1. The number of hydrogen-bond donors (Lipinski definition) is 2. The average molecular weight is 256 g/mol. The molecule has 3 N–H and O–H groups in total. The smallest absolute Gasteiger partial charge is 0.227 e. The topological polar surface area (TPSA) is 75.0 Å². The summed E-state index contributed by atoms with van der Waals surface area (Å²) in [5.74, 6) is 0.704. The number of amides is 1. The number of hydrogen-bond acceptors (Lipinski definition) is 3. The van der Waals surface area contributed by atoms with Crippen LogP contribution in [0.3, 0.4) is 0 Å². The first-order chi connectivity index (χ1) is 9.24. The molecule has 0 unspecified atom stereocenters. The number of anilines is 1. The minimum Gasteiger partial charge on any atom is -0.382 e. The van der Waals surface area contributed by atoms with Crippen molar-refractivity contribution in [3.63, 3.8) is 0 Å². The third kappa shape index (κ3) is 2.31. The molecule has 0 radical (unpaired) electrons. The van der Waals surface area contributed by atoms with Crippen LogP contribution in [0.4, 0.5) is 5.82 Å². The zero-order valence-corrected chi connectivity index (χ0v) is 10.6. The molecule has 3 rings (SSSR count). The molecular formula is C14H16N4O. The van der Waals surface area contributed by atoms with Crippen LogP contribution < -0.4 is 5.73 Å². The van der Waals surface area contributed by atoms with Gasteiger partial charge in [-0.2, -0.15) is 5.10 Å². The van der Waals surface area contributed by atoms with Crippen LogP contribution in [0.25, 0.3) is 0 Å². The van der Waals surface area contributed by atoms with E-state index in [1.54, 1.807) is 0 Å². The Balaban J connectivity index is 1.69. The first-order valence-electron chi connectivity index (χ1n) is 6.37. The van der Waals surface area contributed by atoms with Crippen LogP contribution in [-0.4, -0.2) is 27.5 Å². The van der Waals surface area contributed by atoms with Crippen molar-refractivity contribution in [2.45, 2.75) is 19.4 Å². The van der Waals surface area contributed by atoms with Gasteiger partial charge in [-0.25, -0.2) is 0 Å². The van der Waals surface area contributed by atoms with Gasteiger partial charge in [-0.05, 0) is 12.0 Å². The SMILES string of the molecule is Nc1n[nH]c2c1CCN(C(=O)Cc1ccccc1)C2. The van der Waals surface area contributed by atoms with E-state index >= 15 is 0 Å². The van der Waals surface area contributed by atoms with Crippen LogP contribution in [0.2, 0.25) is 0 Å². The van der Waals surface area contributed by atoms with Crippen LogP contribution >= 0.6 is 0 Å². The molecule has 0 saturated heterocycles. The minimum atomic E-state index is 0.144. The van der Waals surface area contributed by atoms with E-state index in [1.807, 2.05) is 35.2 Å². The zero-order chi connectivity index (χ0) is 13.2. The average Bonchev–Trinajstić information content (AvgIpc) is 2.81. The third-order valence-electron chi connectivity index (χ3n) is 3.52. The lowest BCUT2D eigenvalue weighted by Gasteiger charge is -2.26. The molecular weight excluding hydrogens is 240 g/mol. The number of H-pyrrole nitrogens is 1. The molecule has 1 aromatic heterocycles. The molecule has 1 aliphatic rings. The molecule has 98 valence electrons. The number of carbonyl (C=O) groups is 1. The molecule has 19 heavy (non-hydrogen) atoms. The Labute approximate surface area is 111 Å². The molecule has 0 spiro atoms. The van der Waals surface area contributed by atoms with Gasteiger partial charge in [0.05, 0.1) is 18.7 Å². The highest BCUT2D eigenvalue weighted by Crippen LogP contribution is 2.21. The second kappa shape index (κ2) is 4.76. The van der Waals surface area contributed by atoms with E-state index < -0.39 is 0 Å². The highest BCUT2D eigenvalue weighted by atomic mass is 16.2. The first kappa shape index (κ1) is 11.8. The summed E-state index contributed by atoms with van der Waals surface area (Å²) in [6, 6.07) is 9.80. The molecule has 1 aliphatic heterocycles. The molecule has 5 nitrogen and oxygen atoms in total. The number of aromatic nitrogens is 2. The molecule has 2 heterocycles. The largest absolute Gasteiger partial charge is 0.382 e. The number of benzene rings is 1. The monoisotopic (exact) mass is 256 g/mol. The van der Waals surface area contributed by atoms with E-state index in [4.69, 9.17) is 5.73 Å². The lowest BCUT2D eigenvalue weighted by atomic mass is 10.1. The summed E-state index contributed by atoms with van der Waals surface area (Å²) in [5.41, 5.74) is 8.83. The van der Waals surface area contributed by atoms with Crippen LogP contribution in [-0.2, 0) is 24.2 Å². The molecule has 0 saturated carbocycles. The molecule has 5 heteroatoms. The number of rotatable bonds is 2. The number of nitrogen functional groups attached to an aromatic ring is 1. The molecule has 0 bridgehead atoms. The van der Waals surface area contributed by atoms with E-state index in [-0.39, 0.29) is 5.91 Å². The fraction of sp³-hybridized carbons (Fsp3) is 0.286. The van der Waals surface area contributed by atoms with Gasteiger partial charge in [-0.1, -0.05) is 30.3 Å². The summed E-state index contributed by atoms with van der Waals surface area (Å²) in [5, 5.41) is 6.90. The Bertz CT molecular complexity index is 591. The molecule has 0 atom stereocenters. The van der Waals surface area contributed by atoms with Crippen molar-refractivity contribution in [3.05, 3.63) is 47.2 Å². The summed E-state index contributed by atoms with van der Waals surface area (Å²) in [6.45, 7) is 1.29. The number of aromatic amines is 1. The van der Waals surface area contributed by atoms with Gasteiger partial charge in [0, 0.05) is 12.1 Å². The Hall–Kier alpha value is -2.30. The maximum absolute atomic E-state index is 12.2. The number of nitrogens with zero attached hydrogens (tertiary/aromatic N) is 2. The Morgan fingerprint density at radius 1 is 1.37 bits per heavy atom. The number of nitrogens with two attached hydrogens (primary N) is 1. The zero-order valence-electron chi connectivity index (χ0n) is 10.6. The van der Waals surface area contributed by atoms with E-state index in [0.29, 0.717) is 25.3 Å². The Morgan fingerprint density at radius 2 is 2.16 bits per heavy atom. The van der Waals surface area contributed by atoms with E-state index in [2.05, 4.69) is 10.2 Å². The van der Waals surface area contributed by atoms with Gasteiger partial charge in [-0.3, -0.25) is 9.89 Å². The predicted molar refractivity (Wildman–Crippen MR) is 72.3 cm³/mol. The minimum absolute atomic E-state index is 0.144. The first-order valence-corrected chi connectivity index (χ1v) is 6.37. The summed E-state index contributed by atoms with van der Waals surface area (Å²) in [6.07, 6.45) is 1.22. The Morgan fingerprint density at radius 3 is 2.95 bits per heavy atom. The quantitative estimate of drug-likeness (QED) is 0.845. The van der Waals surface area contributed by atoms with Crippen molar-refractivity contribution in [3.8, 4) is 0 Å². The lowest BCUT2D eigenvalue weighted by molar-refractivity contribution is -0.131. The maximum atomic E-state index is 12.2. The van der Waals surface area contributed by atoms with Gasteiger partial charge >= 0.3 is 0 Å². The van der Waals surface area contributed by atoms with E-state index in [9.17, 15) is 4.79 Å². The molecule has 0 fully saturated rings. The van der Waals surface area contributed by atoms with Crippen molar-refractivity contribution in [2.24, 2.45) is 0 Å². The summed E-state index contributed by atoms with van der Waals surface area (Å²) < 4.78 is 0. The van der Waals surface area contributed by atoms with Crippen molar-refractivity contribution < 1.29 is 4.79 Å². The van der Waals surface area contributed by atoms with Gasteiger partial charge in [0.15, 0.2) is 0 Å². The third-order valence-corrected chi connectivity index (χ3v) is 3.52. The summed E-state index contributed by atoms with van der Waals surface area (Å²) in [4.78, 5) is 14.1. The van der Waals surface area contributed by atoms with E-state index in [1.165, 1.54) is 0 Å². The normalized spacial score (nSPS) is 14.2. The van der Waals surface area contributed by atoms with Crippen LogP contribution in [0, 0.1) is 0 Å². The second-order valence-corrected chi connectivity index (χ2v) is 4.79. The van der Waals surface area contributed by atoms with Crippen molar-refractivity contribution in [1.82, 2.24) is 15.1 Å². The molecule has 2 aromatic rings. The predicted octanol–water partition coefficient (Wildman–Crippen LogP) is 1.12. The van der Waals surface area contributed by atoms with Crippen molar-refractivity contribution in [1.29, 1.82) is 0 Å². The number of fused-ring (bicyclic) bond motifs is 1. The van der Waals surface area contributed by atoms with Crippen LogP contribution in [0.5, 0.6) is 0 Å². The highest BCUT2D eigenvalue weighted by Gasteiger charge is 2.23. The van der Waals surface area contributed by atoms with Crippen molar-refractivity contribution >= 4 is 11.7 Å². The maximum Gasteiger partial charge on any atom is 0.227 e. The summed E-state index contributed by atoms with van der Waals surface area (Å²) >= 11 is 0. The van der Waals surface area contributed by atoms with Gasteiger partial charge < -0.3 is 10.6 Å². The molecule has 1 aromatic carbocycles. The Kier molecular flexibility index (Phi) is 2.95. The highest BCUT2D eigenvalue weighted by molar-refractivity contribution is 5.79. The van der Waals surface area contributed by atoms with Gasteiger partial charge in [-0.15, -0.1) is 0 Å². The molecule has 1 amide bonds. The van der Waals surface area contributed by atoms with Crippen molar-refractivity contribution in [2.75, 3.05) is 12.3 Å². The summed E-state index contributed by atoms with van der Waals surface area (Å²) in [7, 11) is 0. The van der Waals surface area contributed by atoms with Gasteiger partial charge in [0.1, 0.15) is 5.82 Å². The fourth-order valence-corrected chi connectivity index (χ4v) is 2.44. The number of nitrogens with one attached hydrogen (secondary N) is 1. The van der Waals surface area contributed by atoms with Crippen LogP contribution in [0.1, 0.15) is 16.8 Å². The second-order valence-electron chi connectivity index (χ2n) is 4.79.